The van der Waals surface area contributed by atoms with Gasteiger partial charge in [0.1, 0.15) is 5.82 Å². The van der Waals surface area contributed by atoms with Gasteiger partial charge in [-0.15, -0.1) is 10.2 Å². The number of nitrogens with two attached hydrogens (primary N) is 1. The summed E-state index contributed by atoms with van der Waals surface area (Å²) in [7, 11) is 0. The second kappa shape index (κ2) is 9.69. The minimum Gasteiger partial charge on any atom is -0.349 e. The van der Waals surface area contributed by atoms with Crippen LogP contribution in [0.25, 0.3) is 0 Å². The number of halogens is 1. The zero-order valence-electron chi connectivity index (χ0n) is 15.6. The van der Waals surface area contributed by atoms with Gasteiger partial charge in [0.2, 0.25) is 11.1 Å². The summed E-state index contributed by atoms with van der Waals surface area (Å²) in [5.41, 5.74) is 3.95. The van der Waals surface area contributed by atoms with E-state index in [-0.39, 0.29) is 29.5 Å². The Balaban J connectivity index is 1.51. The highest BCUT2D eigenvalue weighted by Gasteiger charge is 2.14. The molecule has 1 unspecified atom stereocenters. The van der Waals surface area contributed by atoms with E-state index in [9.17, 15) is 9.18 Å². The highest BCUT2D eigenvalue weighted by molar-refractivity contribution is 7.99. The predicted octanol–water partition coefficient (Wildman–Crippen LogP) is 2.55. The Morgan fingerprint density at radius 1 is 1.24 bits per heavy atom. The number of nitrogens with one attached hydrogen (secondary N) is 2. The fourth-order valence-electron chi connectivity index (χ4n) is 2.43. The minimum absolute atomic E-state index is 0.106. The van der Waals surface area contributed by atoms with Gasteiger partial charge in [0.25, 0.3) is 5.95 Å². The number of amides is 1. The van der Waals surface area contributed by atoms with Crippen LogP contribution >= 0.6 is 11.8 Å². The first-order chi connectivity index (χ1) is 14.0. The highest BCUT2D eigenvalue weighted by atomic mass is 32.2. The number of anilines is 1. The fourth-order valence-corrected chi connectivity index (χ4v) is 3.10. The molecule has 1 amide bonds. The predicted molar refractivity (Wildman–Crippen MR) is 112 cm³/mol. The average molecular weight is 413 g/mol. The molecule has 3 aromatic rings. The maximum atomic E-state index is 13.6. The molecule has 0 saturated heterocycles. The van der Waals surface area contributed by atoms with Crippen LogP contribution in [0, 0.1) is 5.82 Å². The van der Waals surface area contributed by atoms with E-state index in [0.717, 1.165) is 17.3 Å². The molecule has 0 aliphatic carbocycles. The van der Waals surface area contributed by atoms with Crippen molar-refractivity contribution in [3.8, 4) is 0 Å². The van der Waals surface area contributed by atoms with E-state index in [1.54, 1.807) is 18.2 Å². The Morgan fingerprint density at radius 2 is 1.97 bits per heavy atom. The third kappa shape index (κ3) is 5.55. The number of benzene rings is 2. The summed E-state index contributed by atoms with van der Waals surface area (Å²) in [6.07, 6.45) is 1.31. The van der Waals surface area contributed by atoms with Crippen molar-refractivity contribution < 1.29 is 9.18 Å². The highest BCUT2D eigenvalue weighted by Crippen LogP contribution is 2.17. The monoisotopic (exact) mass is 413 g/mol. The molecular weight excluding hydrogens is 393 g/mol. The second-order valence-corrected chi connectivity index (χ2v) is 7.00. The van der Waals surface area contributed by atoms with Crippen molar-refractivity contribution >= 4 is 29.8 Å². The summed E-state index contributed by atoms with van der Waals surface area (Å²) in [4.78, 5) is 12.2. The number of hydrogen-bond acceptors (Lipinski definition) is 7. The van der Waals surface area contributed by atoms with Crippen LogP contribution in [0.1, 0.15) is 24.1 Å². The van der Waals surface area contributed by atoms with Crippen LogP contribution in [0.15, 0.2) is 64.9 Å². The van der Waals surface area contributed by atoms with Crippen molar-refractivity contribution in [2.24, 2.45) is 5.10 Å². The maximum absolute atomic E-state index is 13.6. The van der Waals surface area contributed by atoms with Crippen molar-refractivity contribution in [1.29, 1.82) is 0 Å². The van der Waals surface area contributed by atoms with Gasteiger partial charge in [0.05, 0.1) is 18.0 Å². The molecule has 0 radical (unpaired) electrons. The number of nitrogen functional groups attached to an aromatic ring is 1. The molecule has 0 fully saturated rings. The number of hydrazone groups is 1. The van der Waals surface area contributed by atoms with Crippen molar-refractivity contribution in [2.45, 2.75) is 18.1 Å². The lowest BCUT2D eigenvalue weighted by atomic mass is 10.1. The molecule has 29 heavy (non-hydrogen) atoms. The van der Waals surface area contributed by atoms with Crippen molar-refractivity contribution in [3.63, 3.8) is 0 Å². The van der Waals surface area contributed by atoms with E-state index in [2.05, 4.69) is 26.0 Å². The summed E-state index contributed by atoms with van der Waals surface area (Å²) < 4.78 is 14.7. The van der Waals surface area contributed by atoms with Gasteiger partial charge in [-0.3, -0.25) is 4.79 Å². The molecule has 0 bridgehead atoms. The smallest absolute Gasteiger partial charge is 0.264 e. The van der Waals surface area contributed by atoms with Gasteiger partial charge in [-0.25, -0.2) is 14.5 Å². The Hall–Kier alpha value is -3.40. The van der Waals surface area contributed by atoms with E-state index < -0.39 is 0 Å². The van der Waals surface area contributed by atoms with Crippen LogP contribution in [0.5, 0.6) is 0 Å². The van der Waals surface area contributed by atoms with Crippen molar-refractivity contribution in [3.05, 3.63) is 71.5 Å². The van der Waals surface area contributed by atoms with E-state index in [4.69, 9.17) is 5.84 Å². The topological polar surface area (TPSA) is 110 Å². The van der Waals surface area contributed by atoms with Crippen molar-refractivity contribution in [2.75, 3.05) is 17.0 Å². The lowest BCUT2D eigenvalue weighted by Crippen LogP contribution is -2.28. The average Bonchev–Trinajstić information content (AvgIpc) is 3.08. The van der Waals surface area contributed by atoms with Crippen molar-refractivity contribution in [1.82, 2.24) is 20.2 Å². The number of carbonyl (C=O) groups excluding carboxylic acids is 1. The quantitative estimate of drug-likeness (QED) is 0.227. The summed E-state index contributed by atoms with van der Waals surface area (Å²) in [6, 6.07) is 15.8. The first-order valence-corrected chi connectivity index (χ1v) is 9.74. The molecule has 2 aromatic carbocycles. The van der Waals surface area contributed by atoms with Crippen LogP contribution in [0.2, 0.25) is 0 Å². The third-order valence-corrected chi connectivity index (χ3v) is 4.89. The zero-order chi connectivity index (χ0) is 20.6. The second-order valence-electron chi connectivity index (χ2n) is 6.06. The SMILES string of the molecule is CC(NC(=O)CSc1nnc(N/N=C/c2ccccc2F)n1N)c1ccccc1. The number of nitrogens with zero attached hydrogens (tertiary/aromatic N) is 4. The molecule has 150 valence electrons. The van der Waals surface area contributed by atoms with Crippen LogP contribution < -0.4 is 16.6 Å². The molecular formula is C19H20FN7OS. The van der Waals surface area contributed by atoms with Gasteiger partial charge >= 0.3 is 0 Å². The lowest BCUT2D eigenvalue weighted by Gasteiger charge is -2.13. The Kier molecular flexibility index (Phi) is 6.80. The molecule has 10 heteroatoms. The third-order valence-electron chi connectivity index (χ3n) is 3.95. The number of thioether (sulfide) groups is 1. The van der Waals surface area contributed by atoms with Crippen LogP contribution in [0.3, 0.4) is 0 Å². The zero-order valence-corrected chi connectivity index (χ0v) is 16.4. The molecule has 0 spiro atoms. The van der Waals surface area contributed by atoms with E-state index >= 15 is 0 Å². The Labute approximate surface area is 171 Å². The Bertz CT molecular complexity index is 993. The van der Waals surface area contributed by atoms with Gasteiger partial charge in [0.15, 0.2) is 0 Å². The molecule has 0 aliphatic heterocycles. The standard InChI is InChI=1S/C19H20FN7OS/c1-13(14-7-3-2-4-8-14)23-17(28)12-29-19-26-25-18(27(19)21)24-22-11-15-9-5-6-10-16(15)20/h2-11,13H,12,21H2,1H3,(H,23,28)(H,24,25)/b22-11+. The summed E-state index contributed by atoms with van der Waals surface area (Å²) >= 11 is 1.15. The first-order valence-electron chi connectivity index (χ1n) is 8.76. The number of carbonyl (C=O) groups is 1. The molecule has 1 heterocycles. The molecule has 8 nitrogen and oxygen atoms in total. The largest absolute Gasteiger partial charge is 0.349 e. The summed E-state index contributed by atoms with van der Waals surface area (Å²) in [6.45, 7) is 1.92. The van der Waals surface area contributed by atoms with Gasteiger partial charge in [-0.2, -0.15) is 5.10 Å². The maximum Gasteiger partial charge on any atom is 0.264 e. The molecule has 0 saturated carbocycles. The molecule has 4 N–H and O–H groups in total. The molecule has 1 aromatic heterocycles. The van der Waals surface area contributed by atoms with Gasteiger partial charge in [-0.1, -0.05) is 60.3 Å². The first kappa shape index (κ1) is 20.3. The number of rotatable bonds is 8. The van der Waals surface area contributed by atoms with Crippen LogP contribution in [0.4, 0.5) is 10.3 Å². The van der Waals surface area contributed by atoms with Crippen LogP contribution in [-0.2, 0) is 4.79 Å². The van der Waals surface area contributed by atoms with Gasteiger partial charge < -0.3 is 11.2 Å². The van der Waals surface area contributed by atoms with Gasteiger partial charge in [-0.05, 0) is 18.6 Å². The number of hydrogen-bond donors (Lipinski definition) is 3. The molecule has 3 rings (SSSR count). The fraction of sp³-hybridized carbons (Fsp3) is 0.158. The van der Waals surface area contributed by atoms with E-state index in [1.165, 1.54) is 17.0 Å². The molecule has 1 atom stereocenters. The van der Waals surface area contributed by atoms with Gasteiger partial charge in [0, 0.05) is 5.56 Å². The van der Waals surface area contributed by atoms with E-state index in [1.807, 2.05) is 37.3 Å². The molecule has 0 aliphatic rings. The summed E-state index contributed by atoms with van der Waals surface area (Å²) in [5, 5.41) is 15.0. The van der Waals surface area contributed by atoms with Crippen LogP contribution in [-0.4, -0.2) is 32.7 Å². The Morgan fingerprint density at radius 3 is 2.72 bits per heavy atom. The van der Waals surface area contributed by atoms with E-state index in [0.29, 0.717) is 10.7 Å². The summed E-state index contributed by atoms with van der Waals surface area (Å²) in [5.74, 6) is 5.67. The lowest BCUT2D eigenvalue weighted by molar-refractivity contribution is -0.119. The number of aromatic nitrogens is 3. The minimum atomic E-state index is -0.390. The normalized spacial score (nSPS) is 12.1.